The number of benzene rings is 3. The van der Waals surface area contributed by atoms with Gasteiger partial charge in [0.1, 0.15) is 23.8 Å². The first-order chi connectivity index (χ1) is 17.9. The zero-order chi connectivity index (χ0) is 26.7. The monoisotopic (exact) mass is 526 g/mol. The molecular formula is C28H34N2O6S. The van der Waals surface area contributed by atoms with Crippen LogP contribution in [0, 0.1) is 0 Å². The molecule has 1 amide bonds. The van der Waals surface area contributed by atoms with Crippen molar-refractivity contribution >= 4 is 21.6 Å². The molecule has 0 saturated heterocycles. The van der Waals surface area contributed by atoms with E-state index in [1.807, 2.05) is 24.3 Å². The van der Waals surface area contributed by atoms with Gasteiger partial charge in [-0.25, -0.2) is 8.42 Å². The van der Waals surface area contributed by atoms with E-state index in [1.165, 1.54) is 26.4 Å². The summed E-state index contributed by atoms with van der Waals surface area (Å²) in [5, 5.41) is 2.85. The number of hydrogen-bond donors (Lipinski definition) is 1. The molecule has 9 heteroatoms. The summed E-state index contributed by atoms with van der Waals surface area (Å²) in [6.07, 6.45) is 2.32. The molecule has 0 aliphatic rings. The van der Waals surface area contributed by atoms with Crippen molar-refractivity contribution in [2.45, 2.75) is 31.1 Å². The Hall–Kier alpha value is -3.72. The van der Waals surface area contributed by atoms with Crippen LogP contribution in [0.4, 0.5) is 5.69 Å². The van der Waals surface area contributed by atoms with Crippen molar-refractivity contribution in [2.75, 3.05) is 38.2 Å². The number of methoxy groups -OCH3 is 2. The van der Waals surface area contributed by atoms with E-state index in [9.17, 15) is 13.2 Å². The highest BCUT2D eigenvalue weighted by Crippen LogP contribution is 2.32. The summed E-state index contributed by atoms with van der Waals surface area (Å²) in [6.45, 7) is 2.70. The Balaban J connectivity index is 1.72. The minimum atomic E-state index is -4.07. The lowest BCUT2D eigenvalue weighted by Gasteiger charge is -2.25. The van der Waals surface area contributed by atoms with Gasteiger partial charge in [-0.15, -0.1) is 0 Å². The van der Waals surface area contributed by atoms with E-state index in [2.05, 4.69) is 12.2 Å². The van der Waals surface area contributed by atoms with Crippen molar-refractivity contribution in [3.63, 3.8) is 0 Å². The molecule has 0 bridgehead atoms. The van der Waals surface area contributed by atoms with Gasteiger partial charge in [0.25, 0.3) is 10.0 Å². The Kier molecular flexibility index (Phi) is 10.2. The minimum Gasteiger partial charge on any atom is -0.497 e. The third kappa shape index (κ3) is 7.39. The van der Waals surface area contributed by atoms with Gasteiger partial charge >= 0.3 is 0 Å². The van der Waals surface area contributed by atoms with Crippen LogP contribution in [0.15, 0.2) is 77.7 Å². The highest BCUT2D eigenvalue weighted by atomic mass is 32.2. The number of para-hydroxylation sites is 3. The Bertz CT molecular complexity index is 1260. The lowest BCUT2D eigenvalue weighted by molar-refractivity contribution is -0.119. The largest absolute Gasteiger partial charge is 0.497 e. The van der Waals surface area contributed by atoms with E-state index in [0.29, 0.717) is 31.1 Å². The summed E-state index contributed by atoms with van der Waals surface area (Å²) in [6, 6.07) is 20.6. The molecule has 8 nitrogen and oxygen atoms in total. The van der Waals surface area contributed by atoms with Crippen LogP contribution in [0.1, 0.15) is 25.3 Å². The van der Waals surface area contributed by atoms with Gasteiger partial charge < -0.3 is 19.5 Å². The number of carbonyl (C=O) groups is 1. The molecule has 0 aromatic heterocycles. The van der Waals surface area contributed by atoms with Crippen LogP contribution >= 0.6 is 0 Å². The third-order valence-electron chi connectivity index (χ3n) is 5.67. The van der Waals surface area contributed by atoms with Crippen molar-refractivity contribution < 1.29 is 27.4 Å². The zero-order valence-electron chi connectivity index (χ0n) is 21.5. The van der Waals surface area contributed by atoms with E-state index in [1.54, 1.807) is 36.4 Å². The van der Waals surface area contributed by atoms with Crippen LogP contribution < -0.4 is 23.8 Å². The van der Waals surface area contributed by atoms with E-state index >= 15 is 0 Å². The molecule has 0 radical (unpaired) electrons. The SMILES string of the molecule is CCCOc1ccccc1CCCNC(=O)CN(c1ccccc1OC)S(=O)(=O)c1ccc(OC)cc1. The molecule has 0 atom stereocenters. The summed E-state index contributed by atoms with van der Waals surface area (Å²) in [7, 11) is -1.11. The van der Waals surface area contributed by atoms with Gasteiger partial charge in [0, 0.05) is 6.54 Å². The number of aryl methyl sites for hydroxylation is 1. The van der Waals surface area contributed by atoms with E-state index in [4.69, 9.17) is 14.2 Å². The van der Waals surface area contributed by atoms with Gasteiger partial charge in [-0.3, -0.25) is 9.10 Å². The average Bonchev–Trinajstić information content (AvgIpc) is 2.93. The highest BCUT2D eigenvalue weighted by Gasteiger charge is 2.29. The van der Waals surface area contributed by atoms with Gasteiger partial charge in [-0.1, -0.05) is 37.3 Å². The van der Waals surface area contributed by atoms with Crippen molar-refractivity contribution in [1.82, 2.24) is 5.32 Å². The third-order valence-corrected chi connectivity index (χ3v) is 7.44. The first-order valence-electron chi connectivity index (χ1n) is 12.2. The normalized spacial score (nSPS) is 11.0. The number of amides is 1. The molecule has 0 heterocycles. The molecule has 0 saturated carbocycles. The number of nitrogens with one attached hydrogen (secondary N) is 1. The fourth-order valence-corrected chi connectivity index (χ4v) is 5.20. The van der Waals surface area contributed by atoms with Crippen molar-refractivity contribution in [3.8, 4) is 17.2 Å². The number of sulfonamides is 1. The van der Waals surface area contributed by atoms with Crippen LogP contribution in [0.5, 0.6) is 17.2 Å². The van der Waals surface area contributed by atoms with Crippen molar-refractivity contribution in [2.24, 2.45) is 0 Å². The number of anilines is 1. The minimum absolute atomic E-state index is 0.0377. The van der Waals surface area contributed by atoms with Crippen LogP contribution in [0.25, 0.3) is 0 Å². The van der Waals surface area contributed by atoms with Gasteiger partial charge in [0.15, 0.2) is 0 Å². The van der Waals surface area contributed by atoms with Crippen molar-refractivity contribution in [3.05, 3.63) is 78.4 Å². The predicted molar refractivity (Wildman–Crippen MR) is 144 cm³/mol. The molecule has 1 N–H and O–H groups in total. The molecule has 0 aliphatic carbocycles. The van der Waals surface area contributed by atoms with E-state index in [-0.39, 0.29) is 10.6 Å². The fraction of sp³-hybridized carbons (Fsp3) is 0.321. The summed E-state index contributed by atoms with van der Waals surface area (Å²) in [4.78, 5) is 13.0. The number of nitrogens with zero attached hydrogens (tertiary/aromatic N) is 1. The van der Waals surface area contributed by atoms with Crippen LogP contribution in [-0.4, -0.2) is 48.2 Å². The molecule has 37 heavy (non-hydrogen) atoms. The average molecular weight is 527 g/mol. The lowest BCUT2D eigenvalue weighted by Crippen LogP contribution is -2.41. The van der Waals surface area contributed by atoms with Gasteiger partial charge in [0.2, 0.25) is 5.91 Å². The Morgan fingerprint density at radius 3 is 2.24 bits per heavy atom. The fourth-order valence-electron chi connectivity index (χ4n) is 3.77. The standard InChI is InChI=1S/C28H34N2O6S/c1-4-20-36-26-13-7-5-10-22(26)11-9-19-29-28(31)21-30(25-12-6-8-14-27(25)35-3)37(32,33)24-17-15-23(34-2)16-18-24/h5-8,10,12-18H,4,9,11,19-21H2,1-3H3,(H,29,31). The molecule has 0 spiro atoms. The summed E-state index contributed by atoms with van der Waals surface area (Å²) in [5.41, 5.74) is 1.35. The first kappa shape index (κ1) is 27.9. The Labute approximate surface area is 219 Å². The molecule has 198 valence electrons. The number of rotatable bonds is 14. The molecule has 3 aromatic rings. The predicted octanol–water partition coefficient (Wildman–Crippen LogP) is 4.44. The van der Waals surface area contributed by atoms with Crippen LogP contribution in [-0.2, 0) is 21.2 Å². The smallest absolute Gasteiger partial charge is 0.264 e. The number of ether oxygens (including phenoxy) is 3. The lowest BCUT2D eigenvalue weighted by atomic mass is 10.1. The molecule has 3 rings (SSSR count). The van der Waals surface area contributed by atoms with Gasteiger partial charge in [-0.2, -0.15) is 0 Å². The van der Waals surface area contributed by atoms with Crippen LogP contribution in [0.3, 0.4) is 0 Å². The summed E-state index contributed by atoms with van der Waals surface area (Å²) in [5.74, 6) is 1.31. The Morgan fingerprint density at radius 1 is 0.892 bits per heavy atom. The second-order valence-electron chi connectivity index (χ2n) is 8.27. The maximum absolute atomic E-state index is 13.6. The zero-order valence-corrected chi connectivity index (χ0v) is 22.3. The second-order valence-corrected chi connectivity index (χ2v) is 10.1. The molecular weight excluding hydrogens is 492 g/mol. The molecule has 3 aromatic carbocycles. The highest BCUT2D eigenvalue weighted by molar-refractivity contribution is 7.92. The number of hydrogen-bond acceptors (Lipinski definition) is 6. The van der Waals surface area contributed by atoms with Crippen LogP contribution in [0.2, 0.25) is 0 Å². The maximum Gasteiger partial charge on any atom is 0.264 e. The first-order valence-corrected chi connectivity index (χ1v) is 13.6. The topological polar surface area (TPSA) is 94.2 Å². The number of carbonyl (C=O) groups excluding carboxylic acids is 1. The quantitative estimate of drug-likeness (QED) is 0.312. The van der Waals surface area contributed by atoms with Crippen molar-refractivity contribution in [1.29, 1.82) is 0 Å². The Morgan fingerprint density at radius 2 is 1.57 bits per heavy atom. The second kappa shape index (κ2) is 13.5. The summed E-state index contributed by atoms with van der Waals surface area (Å²) >= 11 is 0. The van der Waals surface area contributed by atoms with E-state index < -0.39 is 22.5 Å². The van der Waals surface area contributed by atoms with Gasteiger partial charge in [0.05, 0.1) is 31.4 Å². The molecule has 0 fully saturated rings. The summed E-state index contributed by atoms with van der Waals surface area (Å²) < 4.78 is 44.6. The maximum atomic E-state index is 13.6. The molecule has 0 aliphatic heterocycles. The van der Waals surface area contributed by atoms with E-state index in [0.717, 1.165) is 28.5 Å². The van der Waals surface area contributed by atoms with Gasteiger partial charge in [-0.05, 0) is 67.3 Å². The molecule has 0 unspecified atom stereocenters.